The summed E-state index contributed by atoms with van der Waals surface area (Å²) in [6, 6.07) is 10.9. The molecular weight excluding hydrogens is 296 g/mol. The number of anilines is 4. The van der Waals surface area contributed by atoms with Crippen LogP contribution in [-0.4, -0.2) is 7.11 Å². The topological polar surface area (TPSA) is 47.6 Å². The van der Waals surface area contributed by atoms with E-state index in [-0.39, 0.29) is 0 Å². The predicted octanol–water partition coefficient (Wildman–Crippen LogP) is 4.15. The lowest BCUT2D eigenvalue weighted by Gasteiger charge is -2.38. The third-order valence-electron chi connectivity index (χ3n) is 2.87. The number of ether oxygens (including phenoxy) is 1. The van der Waals surface area contributed by atoms with E-state index in [2.05, 4.69) is 21.2 Å². The summed E-state index contributed by atoms with van der Waals surface area (Å²) in [5, 5.41) is 16.4. The van der Waals surface area contributed by atoms with E-state index in [1.165, 1.54) is 0 Å². The second kappa shape index (κ2) is 4.19. The van der Waals surface area contributed by atoms with Gasteiger partial charge in [-0.25, -0.2) is 0 Å². The van der Waals surface area contributed by atoms with Gasteiger partial charge in [-0.2, -0.15) is 0 Å². The first-order valence-corrected chi connectivity index (χ1v) is 6.20. The minimum absolute atomic E-state index is 0.559. The highest BCUT2D eigenvalue weighted by atomic mass is 79.9. The van der Waals surface area contributed by atoms with Gasteiger partial charge < -0.3 is 20.3 Å². The van der Waals surface area contributed by atoms with Crippen LogP contribution in [-0.2, 0) is 0 Å². The maximum atomic E-state index is 12.3. The third-order valence-corrected chi connectivity index (χ3v) is 3.36. The largest absolute Gasteiger partial charge is 0.754 e. The lowest BCUT2D eigenvalue weighted by atomic mass is 10.1. The van der Waals surface area contributed by atoms with Gasteiger partial charge in [0, 0.05) is 10.5 Å². The molecule has 0 fully saturated rings. The highest BCUT2D eigenvalue weighted by Crippen LogP contribution is 2.44. The molecule has 3 rings (SSSR count). The SMILES string of the molecule is COc1ccc2c(c1)N([O-])c1ccc(Br)cc1N2. The summed E-state index contributed by atoms with van der Waals surface area (Å²) in [4.78, 5) is 0. The number of halogens is 1. The van der Waals surface area contributed by atoms with Gasteiger partial charge in [-0.05, 0) is 30.3 Å². The van der Waals surface area contributed by atoms with Gasteiger partial charge in [-0.15, -0.1) is 0 Å². The Bertz CT molecular complexity index is 616. The molecule has 0 bridgehead atoms. The molecule has 0 atom stereocenters. The normalized spacial score (nSPS) is 12.5. The van der Waals surface area contributed by atoms with Crippen molar-refractivity contribution in [1.29, 1.82) is 0 Å². The van der Waals surface area contributed by atoms with Crippen LogP contribution in [0.5, 0.6) is 5.75 Å². The van der Waals surface area contributed by atoms with Crippen molar-refractivity contribution in [2.75, 3.05) is 17.5 Å². The van der Waals surface area contributed by atoms with E-state index in [9.17, 15) is 5.21 Å². The van der Waals surface area contributed by atoms with Crippen LogP contribution >= 0.6 is 15.9 Å². The average Bonchev–Trinajstić information content (AvgIpc) is 2.38. The molecule has 1 aliphatic heterocycles. The second-order valence-electron chi connectivity index (χ2n) is 3.96. The number of methoxy groups -OCH3 is 1. The summed E-state index contributed by atoms with van der Waals surface area (Å²) in [7, 11) is 1.58. The van der Waals surface area contributed by atoms with Gasteiger partial charge in [0.25, 0.3) is 0 Å². The van der Waals surface area contributed by atoms with Gasteiger partial charge in [0.15, 0.2) is 0 Å². The van der Waals surface area contributed by atoms with Crippen molar-refractivity contribution in [3.63, 3.8) is 0 Å². The van der Waals surface area contributed by atoms with E-state index < -0.39 is 0 Å². The van der Waals surface area contributed by atoms with Gasteiger partial charge in [-0.1, -0.05) is 15.9 Å². The maximum absolute atomic E-state index is 12.3. The first-order chi connectivity index (χ1) is 8.69. The monoisotopic (exact) mass is 305 g/mol. The Kier molecular flexibility index (Phi) is 2.65. The number of rotatable bonds is 1. The molecule has 2 aromatic rings. The van der Waals surface area contributed by atoms with Crippen LogP contribution in [0.4, 0.5) is 22.7 Å². The van der Waals surface area contributed by atoms with Crippen LogP contribution < -0.4 is 15.1 Å². The number of hydrogen-bond donors (Lipinski definition) is 1. The van der Waals surface area contributed by atoms with Crippen molar-refractivity contribution >= 4 is 38.7 Å². The number of benzene rings is 2. The van der Waals surface area contributed by atoms with Gasteiger partial charge in [-0.3, -0.25) is 0 Å². The fraction of sp³-hybridized carbons (Fsp3) is 0.0769. The molecule has 92 valence electrons. The average molecular weight is 306 g/mol. The van der Waals surface area contributed by atoms with Crippen LogP contribution in [0.15, 0.2) is 40.9 Å². The molecule has 0 radical (unpaired) electrons. The Hall–Kier alpha value is -1.72. The molecule has 5 heteroatoms. The van der Waals surface area contributed by atoms with Crippen molar-refractivity contribution in [2.24, 2.45) is 0 Å². The van der Waals surface area contributed by atoms with E-state index in [0.717, 1.165) is 20.9 Å². The lowest BCUT2D eigenvalue weighted by molar-refractivity contribution is 0.415. The van der Waals surface area contributed by atoms with Crippen LogP contribution in [0.2, 0.25) is 0 Å². The van der Waals surface area contributed by atoms with E-state index in [4.69, 9.17) is 4.74 Å². The van der Waals surface area contributed by atoms with E-state index in [1.807, 2.05) is 24.3 Å². The van der Waals surface area contributed by atoms with Gasteiger partial charge >= 0.3 is 0 Å². The van der Waals surface area contributed by atoms with Crippen LogP contribution in [0, 0.1) is 5.21 Å². The fourth-order valence-corrected chi connectivity index (χ4v) is 2.33. The minimum atomic E-state index is 0.559. The van der Waals surface area contributed by atoms with Crippen molar-refractivity contribution in [3.05, 3.63) is 46.1 Å². The zero-order valence-electron chi connectivity index (χ0n) is 9.61. The Labute approximate surface area is 113 Å². The van der Waals surface area contributed by atoms with Crippen LogP contribution in [0.1, 0.15) is 0 Å². The number of fused-ring (bicyclic) bond motifs is 2. The second-order valence-corrected chi connectivity index (χ2v) is 4.88. The van der Waals surface area contributed by atoms with Gasteiger partial charge in [0.1, 0.15) is 5.75 Å². The first-order valence-electron chi connectivity index (χ1n) is 5.41. The smallest absolute Gasteiger partial charge is 0.121 e. The predicted molar refractivity (Wildman–Crippen MR) is 75.9 cm³/mol. The Morgan fingerprint density at radius 2 is 1.94 bits per heavy atom. The molecule has 0 unspecified atom stereocenters. The molecule has 0 saturated heterocycles. The molecule has 0 spiro atoms. The minimum Gasteiger partial charge on any atom is -0.754 e. The number of hydrogen-bond acceptors (Lipinski definition) is 4. The summed E-state index contributed by atoms with van der Waals surface area (Å²) in [5.41, 5.74) is 2.72. The standard InChI is InChI=1S/C13H10BrN2O2/c1-18-9-3-4-10-13(7-9)16(17)12-5-2-8(14)6-11(12)15-10/h2-7,15H,1H3/q-1. The first kappa shape index (κ1) is 11.4. The maximum Gasteiger partial charge on any atom is 0.121 e. The molecule has 1 N–H and O–H groups in total. The summed E-state index contributed by atoms with van der Waals surface area (Å²) in [6.07, 6.45) is 0. The molecule has 2 aromatic carbocycles. The third kappa shape index (κ3) is 1.72. The summed E-state index contributed by atoms with van der Waals surface area (Å²) in [5.74, 6) is 0.664. The highest BCUT2D eigenvalue weighted by molar-refractivity contribution is 9.10. The van der Waals surface area contributed by atoms with Crippen molar-refractivity contribution in [1.82, 2.24) is 0 Å². The van der Waals surface area contributed by atoms with E-state index in [1.54, 1.807) is 19.2 Å². The summed E-state index contributed by atoms with van der Waals surface area (Å²) < 4.78 is 6.06. The van der Waals surface area contributed by atoms with Crippen LogP contribution in [0.25, 0.3) is 0 Å². The van der Waals surface area contributed by atoms with Gasteiger partial charge in [0.05, 0.1) is 29.9 Å². The summed E-state index contributed by atoms with van der Waals surface area (Å²) in [6.45, 7) is 0. The van der Waals surface area contributed by atoms with Crippen molar-refractivity contribution in [2.45, 2.75) is 0 Å². The van der Waals surface area contributed by atoms with E-state index in [0.29, 0.717) is 17.1 Å². The molecule has 0 aromatic heterocycles. The Morgan fingerprint density at radius 1 is 1.11 bits per heavy atom. The number of nitrogens with zero attached hydrogens (tertiary/aromatic N) is 1. The molecule has 0 aliphatic carbocycles. The Balaban J connectivity index is 2.12. The molecule has 4 nitrogen and oxygen atoms in total. The zero-order chi connectivity index (χ0) is 12.7. The molecule has 0 amide bonds. The molecular formula is C13H10BrN2O2-. The molecule has 18 heavy (non-hydrogen) atoms. The van der Waals surface area contributed by atoms with Crippen LogP contribution in [0.3, 0.4) is 0 Å². The lowest BCUT2D eigenvalue weighted by Crippen LogP contribution is -2.15. The molecule has 0 saturated carbocycles. The van der Waals surface area contributed by atoms with Crippen molar-refractivity contribution < 1.29 is 4.74 Å². The summed E-state index contributed by atoms with van der Waals surface area (Å²) >= 11 is 3.39. The molecule has 1 heterocycles. The van der Waals surface area contributed by atoms with Crippen molar-refractivity contribution in [3.8, 4) is 5.75 Å². The molecule has 1 aliphatic rings. The highest BCUT2D eigenvalue weighted by Gasteiger charge is 2.17. The Morgan fingerprint density at radius 3 is 2.72 bits per heavy atom. The van der Waals surface area contributed by atoms with Gasteiger partial charge in [0.2, 0.25) is 0 Å². The van der Waals surface area contributed by atoms with E-state index >= 15 is 0 Å². The number of nitrogens with one attached hydrogen (secondary N) is 1. The quantitative estimate of drug-likeness (QED) is 0.859. The zero-order valence-corrected chi connectivity index (χ0v) is 11.2. The fourth-order valence-electron chi connectivity index (χ4n) is 1.97.